The van der Waals surface area contributed by atoms with E-state index in [9.17, 15) is 0 Å². The third-order valence-electron chi connectivity index (χ3n) is 5.28. The molecule has 0 aliphatic carbocycles. The molecule has 3 heteroatoms. The molecule has 29 heavy (non-hydrogen) atoms. The minimum Gasteiger partial charge on any atom is -0.495 e. The smallest absolute Gasteiger partial charge is 0.134 e. The van der Waals surface area contributed by atoms with Gasteiger partial charge in [0, 0.05) is 21.4 Å². The Hall–Kier alpha value is -2.57. The van der Waals surface area contributed by atoms with Crippen molar-refractivity contribution in [3.8, 4) is 11.5 Å². The second-order valence-corrected chi connectivity index (χ2v) is 11.2. The molecule has 0 saturated carbocycles. The molecule has 0 fully saturated rings. The molecule has 0 spiro atoms. The van der Waals surface area contributed by atoms with Crippen LogP contribution in [0, 0.1) is 0 Å². The van der Waals surface area contributed by atoms with Crippen molar-refractivity contribution < 1.29 is 9.47 Å². The van der Waals surface area contributed by atoms with Crippen LogP contribution in [0.2, 0.25) is 0 Å². The summed E-state index contributed by atoms with van der Waals surface area (Å²) in [5.74, 6) is 1.94. The van der Waals surface area contributed by atoms with Gasteiger partial charge in [0.25, 0.3) is 0 Å². The molecule has 0 radical (unpaired) electrons. The zero-order valence-corrected chi connectivity index (χ0v) is 18.6. The lowest BCUT2D eigenvalue weighted by atomic mass is 10.1. The van der Waals surface area contributed by atoms with Crippen LogP contribution in [0.3, 0.4) is 0 Å². The quantitative estimate of drug-likeness (QED) is 0.376. The van der Waals surface area contributed by atoms with Gasteiger partial charge in [0.15, 0.2) is 0 Å². The van der Waals surface area contributed by atoms with E-state index in [1.165, 1.54) is 21.4 Å². The van der Waals surface area contributed by atoms with Crippen molar-refractivity contribution in [3.05, 3.63) is 72.8 Å². The third-order valence-corrected chi connectivity index (χ3v) is 8.29. The number of hydrogen-bond donors (Lipinski definition) is 0. The summed E-state index contributed by atoms with van der Waals surface area (Å²) in [7, 11) is 2.81. The molecule has 0 heterocycles. The van der Waals surface area contributed by atoms with Gasteiger partial charge >= 0.3 is 0 Å². The molecule has 0 unspecified atom stereocenters. The van der Waals surface area contributed by atoms with E-state index >= 15 is 0 Å². The van der Waals surface area contributed by atoms with E-state index in [1.54, 1.807) is 14.2 Å². The predicted molar refractivity (Wildman–Crippen MR) is 127 cm³/mol. The lowest BCUT2D eigenvalue weighted by Crippen LogP contribution is -2.28. The number of ether oxygens (including phenoxy) is 2. The van der Waals surface area contributed by atoms with E-state index in [2.05, 4.69) is 93.6 Å². The van der Waals surface area contributed by atoms with E-state index in [-0.39, 0.29) is 5.16 Å². The second-order valence-electron chi connectivity index (χ2n) is 8.18. The molecule has 0 atom stereocenters. The molecule has 148 valence electrons. The molecule has 2 nitrogen and oxygen atoms in total. The molecular weight excluding hydrogens is 375 g/mol. The van der Waals surface area contributed by atoms with Crippen molar-refractivity contribution in [2.45, 2.75) is 25.9 Å². The van der Waals surface area contributed by atoms with E-state index in [0.717, 1.165) is 22.3 Å². The highest BCUT2D eigenvalue weighted by Crippen LogP contribution is 2.53. The maximum atomic E-state index is 5.99. The molecular formula is C26H27O2P. The molecule has 4 aromatic carbocycles. The van der Waals surface area contributed by atoms with Crippen LogP contribution in [-0.4, -0.2) is 19.4 Å². The van der Waals surface area contributed by atoms with Gasteiger partial charge in [0.2, 0.25) is 0 Å². The summed E-state index contributed by atoms with van der Waals surface area (Å²) in [4.78, 5) is 0. The first-order valence-corrected chi connectivity index (χ1v) is 11.2. The van der Waals surface area contributed by atoms with Gasteiger partial charge in [0.1, 0.15) is 11.5 Å². The highest BCUT2D eigenvalue weighted by molar-refractivity contribution is 7.74. The third kappa shape index (κ3) is 3.47. The maximum absolute atomic E-state index is 5.99. The lowest BCUT2D eigenvalue weighted by Gasteiger charge is -2.34. The second kappa shape index (κ2) is 7.69. The van der Waals surface area contributed by atoms with Crippen LogP contribution in [0.15, 0.2) is 72.8 Å². The SMILES string of the molecule is COc1c(P(c2ccc3ccccc3c2OC)C(C)(C)C)ccc2ccccc12. The average Bonchev–Trinajstić information content (AvgIpc) is 2.72. The van der Waals surface area contributed by atoms with E-state index < -0.39 is 7.92 Å². The summed E-state index contributed by atoms with van der Waals surface area (Å²) in [5.41, 5.74) is 0. The first kappa shape index (κ1) is 19.7. The highest BCUT2D eigenvalue weighted by Gasteiger charge is 2.33. The van der Waals surface area contributed by atoms with Gasteiger partial charge < -0.3 is 9.47 Å². The predicted octanol–water partition coefficient (Wildman–Crippen LogP) is 6.24. The summed E-state index contributed by atoms with van der Waals surface area (Å²) in [5, 5.41) is 7.24. The molecule has 0 aliphatic heterocycles. The first-order chi connectivity index (χ1) is 14.0. The molecule has 4 aromatic rings. The lowest BCUT2D eigenvalue weighted by molar-refractivity contribution is 0.422. The number of hydrogen-bond acceptors (Lipinski definition) is 2. The van der Waals surface area contributed by atoms with Crippen molar-refractivity contribution in [2.24, 2.45) is 0 Å². The Balaban J connectivity index is 2.04. The van der Waals surface area contributed by atoms with Crippen LogP contribution in [0.25, 0.3) is 21.5 Å². The molecule has 0 aliphatic rings. The van der Waals surface area contributed by atoms with Crippen LogP contribution in [0.4, 0.5) is 0 Å². The van der Waals surface area contributed by atoms with Crippen LogP contribution in [0.5, 0.6) is 11.5 Å². The Kier molecular flexibility index (Phi) is 5.23. The Bertz CT molecular complexity index is 1090. The number of fused-ring (bicyclic) bond motifs is 2. The normalized spacial score (nSPS) is 11.9. The van der Waals surface area contributed by atoms with Crippen molar-refractivity contribution in [1.82, 2.24) is 0 Å². The van der Waals surface area contributed by atoms with E-state index in [0.29, 0.717) is 0 Å². The average molecular weight is 402 g/mol. The zero-order chi connectivity index (χ0) is 20.6. The molecule has 0 N–H and O–H groups in total. The molecule has 0 amide bonds. The molecule has 0 aromatic heterocycles. The molecule has 0 saturated heterocycles. The Morgan fingerprint density at radius 3 is 1.38 bits per heavy atom. The highest BCUT2D eigenvalue weighted by atomic mass is 31.1. The van der Waals surface area contributed by atoms with Crippen LogP contribution in [0.1, 0.15) is 20.8 Å². The Labute approximate surface area is 174 Å². The Morgan fingerprint density at radius 2 is 1.00 bits per heavy atom. The van der Waals surface area contributed by atoms with Crippen LogP contribution >= 0.6 is 7.92 Å². The molecule has 4 rings (SSSR count). The van der Waals surface area contributed by atoms with E-state index in [4.69, 9.17) is 9.47 Å². The van der Waals surface area contributed by atoms with Gasteiger partial charge in [-0.1, -0.05) is 81.4 Å². The van der Waals surface area contributed by atoms with E-state index in [1.807, 2.05) is 0 Å². The fourth-order valence-electron chi connectivity index (χ4n) is 4.10. The summed E-state index contributed by atoms with van der Waals surface area (Å²) < 4.78 is 12.0. The van der Waals surface area contributed by atoms with Crippen LogP contribution in [-0.2, 0) is 0 Å². The first-order valence-electron chi connectivity index (χ1n) is 9.87. The van der Waals surface area contributed by atoms with Crippen molar-refractivity contribution in [1.29, 1.82) is 0 Å². The molecule has 0 bridgehead atoms. The number of methoxy groups -OCH3 is 2. The number of benzene rings is 4. The summed E-state index contributed by atoms with van der Waals surface area (Å²) in [6.07, 6.45) is 0. The summed E-state index contributed by atoms with van der Waals surface area (Å²) in [6.45, 7) is 6.92. The number of rotatable bonds is 4. The minimum atomic E-state index is -0.742. The maximum Gasteiger partial charge on any atom is 0.134 e. The van der Waals surface area contributed by atoms with Gasteiger partial charge in [0.05, 0.1) is 14.2 Å². The van der Waals surface area contributed by atoms with Crippen molar-refractivity contribution in [2.75, 3.05) is 14.2 Å². The van der Waals surface area contributed by atoms with Crippen molar-refractivity contribution >= 4 is 40.1 Å². The van der Waals surface area contributed by atoms with Gasteiger partial charge in [-0.15, -0.1) is 0 Å². The van der Waals surface area contributed by atoms with Crippen LogP contribution < -0.4 is 20.1 Å². The van der Waals surface area contributed by atoms with Crippen molar-refractivity contribution in [3.63, 3.8) is 0 Å². The topological polar surface area (TPSA) is 18.5 Å². The summed E-state index contributed by atoms with van der Waals surface area (Å²) in [6, 6.07) is 25.8. The van der Waals surface area contributed by atoms with Gasteiger partial charge in [-0.3, -0.25) is 0 Å². The van der Waals surface area contributed by atoms with Gasteiger partial charge in [-0.05, 0) is 36.0 Å². The fourth-order valence-corrected chi connectivity index (χ4v) is 7.08. The summed E-state index contributed by atoms with van der Waals surface area (Å²) >= 11 is 0. The Morgan fingerprint density at radius 1 is 0.586 bits per heavy atom. The zero-order valence-electron chi connectivity index (χ0n) is 17.7. The minimum absolute atomic E-state index is 0.0286. The van der Waals surface area contributed by atoms with Gasteiger partial charge in [-0.25, -0.2) is 0 Å². The fraction of sp³-hybridized carbons (Fsp3) is 0.231. The standard InChI is InChI=1S/C26H27O2P/c1-26(2,3)29(22-16-14-18-10-6-8-12-20(18)24(22)27-4)23-17-15-19-11-7-9-13-21(19)25(23)28-5/h6-17H,1-5H3. The van der Waals surface area contributed by atoms with Gasteiger partial charge in [-0.2, -0.15) is 0 Å². The largest absolute Gasteiger partial charge is 0.495 e. The monoisotopic (exact) mass is 402 g/mol.